The van der Waals surface area contributed by atoms with Crippen LogP contribution in [0, 0.1) is 19.8 Å². The second-order valence-electron chi connectivity index (χ2n) is 3.82. The highest BCUT2D eigenvalue weighted by Gasteiger charge is 2.13. The fraction of sp³-hybridized carbons (Fsp3) is 0.167. The first-order valence-electron chi connectivity index (χ1n) is 5.16. The van der Waals surface area contributed by atoms with Crippen molar-refractivity contribution in [3.63, 3.8) is 0 Å². The number of halogens is 1. The second-order valence-corrected chi connectivity index (χ2v) is 3.82. The van der Waals surface area contributed by atoms with Gasteiger partial charge in [-0.25, -0.2) is 0 Å². The van der Waals surface area contributed by atoms with Crippen molar-refractivity contribution in [1.82, 2.24) is 10.2 Å². The lowest BCUT2D eigenvalue weighted by Crippen LogP contribution is -2.15. The van der Waals surface area contributed by atoms with Gasteiger partial charge < -0.3 is 5.32 Å². The first-order valence-corrected chi connectivity index (χ1v) is 5.16. The third-order valence-electron chi connectivity index (χ3n) is 2.50. The summed E-state index contributed by atoms with van der Waals surface area (Å²) in [4.78, 5) is 12.0. The summed E-state index contributed by atoms with van der Waals surface area (Å²) in [5, 5.41) is 8.27. The molecule has 5 heteroatoms. The van der Waals surface area contributed by atoms with E-state index in [0.717, 1.165) is 17.2 Å². The van der Waals surface area contributed by atoms with Gasteiger partial charge in [0.2, 0.25) is 5.95 Å². The molecule has 2 aromatic rings. The van der Waals surface area contributed by atoms with Crippen LogP contribution in [-0.2, 0) is 0 Å². The Balaban J connectivity index is 2.26. The van der Waals surface area contributed by atoms with Crippen molar-refractivity contribution in [2.24, 2.45) is 0 Å². The third-order valence-corrected chi connectivity index (χ3v) is 2.50. The Bertz CT molecular complexity index is 542. The van der Waals surface area contributed by atoms with Crippen molar-refractivity contribution in [3.05, 3.63) is 46.9 Å². The highest BCUT2D eigenvalue weighted by atomic mass is 19.1. The van der Waals surface area contributed by atoms with Gasteiger partial charge in [0.1, 0.15) is 0 Å². The molecule has 4 nitrogen and oxygen atoms in total. The molecular weight excluding hydrogens is 221 g/mol. The Hall–Kier alpha value is -2.17. The maximum Gasteiger partial charge on any atom is 0.257 e. The van der Waals surface area contributed by atoms with Crippen LogP contribution in [-0.4, -0.2) is 16.1 Å². The number of hydrogen-bond donors (Lipinski definition) is 2. The number of benzene rings is 1. The SMILES string of the molecule is Cc1cccc(C)c1C(=O)Nc1cc(F)[nH]n1. The summed E-state index contributed by atoms with van der Waals surface area (Å²) in [5.41, 5.74) is 2.34. The van der Waals surface area contributed by atoms with E-state index < -0.39 is 5.95 Å². The van der Waals surface area contributed by atoms with Gasteiger partial charge >= 0.3 is 0 Å². The molecule has 0 saturated carbocycles. The summed E-state index contributed by atoms with van der Waals surface area (Å²) in [6, 6.07) is 6.72. The van der Waals surface area contributed by atoms with E-state index in [0.29, 0.717) is 5.56 Å². The maximum absolute atomic E-state index is 12.7. The lowest BCUT2D eigenvalue weighted by Gasteiger charge is -2.08. The minimum Gasteiger partial charge on any atom is -0.305 e. The van der Waals surface area contributed by atoms with Crippen LogP contribution in [0.15, 0.2) is 24.3 Å². The zero-order chi connectivity index (χ0) is 12.4. The fourth-order valence-electron chi connectivity index (χ4n) is 1.71. The zero-order valence-corrected chi connectivity index (χ0v) is 9.54. The van der Waals surface area contributed by atoms with Crippen molar-refractivity contribution in [1.29, 1.82) is 0 Å². The first kappa shape index (κ1) is 11.3. The topological polar surface area (TPSA) is 57.8 Å². The van der Waals surface area contributed by atoms with Crippen molar-refractivity contribution >= 4 is 11.7 Å². The van der Waals surface area contributed by atoms with Gasteiger partial charge in [-0.1, -0.05) is 18.2 Å². The number of anilines is 1. The van der Waals surface area contributed by atoms with Crippen LogP contribution in [0.25, 0.3) is 0 Å². The van der Waals surface area contributed by atoms with Crippen LogP contribution in [0.3, 0.4) is 0 Å². The molecule has 0 spiro atoms. The fourth-order valence-corrected chi connectivity index (χ4v) is 1.71. The molecule has 1 aromatic carbocycles. The lowest BCUT2D eigenvalue weighted by molar-refractivity contribution is 0.102. The maximum atomic E-state index is 12.7. The van der Waals surface area contributed by atoms with Crippen molar-refractivity contribution < 1.29 is 9.18 Å². The van der Waals surface area contributed by atoms with Crippen molar-refractivity contribution in [2.45, 2.75) is 13.8 Å². The summed E-state index contributed by atoms with van der Waals surface area (Å²) in [7, 11) is 0. The Labute approximate surface area is 97.9 Å². The van der Waals surface area contributed by atoms with E-state index in [2.05, 4.69) is 15.5 Å². The van der Waals surface area contributed by atoms with Crippen LogP contribution in [0.1, 0.15) is 21.5 Å². The van der Waals surface area contributed by atoms with Crippen LogP contribution in [0.2, 0.25) is 0 Å². The number of rotatable bonds is 2. The molecule has 0 bridgehead atoms. The number of aromatic amines is 1. The predicted molar refractivity (Wildman–Crippen MR) is 62.4 cm³/mol. The molecule has 1 aromatic heterocycles. The summed E-state index contributed by atoms with van der Waals surface area (Å²) in [5.74, 6) is -0.691. The first-order chi connectivity index (χ1) is 8.08. The minimum atomic E-state index is -0.582. The van der Waals surface area contributed by atoms with E-state index in [1.807, 2.05) is 32.0 Å². The Morgan fingerprint density at radius 2 is 2.00 bits per heavy atom. The largest absolute Gasteiger partial charge is 0.305 e. The molecule has 88 valence electrons. The molecule has 0 unspecified atom stereocenters. The summed E-state index contributed by atoms with van der Waals surface area (Å²) >= 11 is 0. The number of H-pyrrole nitrogens is 1. The van der Waals surface area contributed by atoms with Gasteiger partial charge in [-0.3, -0.25) is 9.89 Å². The van der Waals surface area contributed by atoms with Crippen LogP contribution in [0.5, 0.6) is 0 Å². The Morgan fingerprint density at radius 3 is 2.53 bits per heavy atom. The van der Waals surface area contributed by atoms with Gasteiger partial charge in [0.25, 0.3) is 5.91 Å². The number of aromatic nitrogens is 2. The molecule has 0 aliphatic heterocycles. The van der Waals surface area contributed by atoms with Crippen LogP contribution in [0.4, 0.5) is 10.2 Å². The van der Waals surface area contributed by atoms with E-state index in [1.165, 1.54) is 0 Å². The molecule has 1 heterocycles. The standard InChI is InChI=1S/C12H12FN3O/c1-7-4-3-5-8(2)11(7)12(17)14-10-6-9(13)15-16-10/h3-6H,1-2H3,(H2,14,15,16,17). The molecule has 0 aliphatic rings. The van der Waals surface area contributed by atoms with E-state index in [1.54, 1.807) is 0 Å². The van der Waals surface area contributed by atoms with Gasteiger partial charge in [-0.2, -0.15) is 9.49 Å². The van der Waals surface area contributed by atoms with Crippen molar-refractivity contribution in [3.8, 4) is 0 Å². The third kappa shape index (κ3) is 2.33. The highest BCUT2D eigenvalue weighted by Crippen LogP contribution is 2.15. The quantitative estimate of drug-likeness (QED) is 0.836. The van der Waals surface area contributed by atoms with E-state index >= 15 is 0 Å². The average molecular weight is 233 g/mol. The Kier molecular flexibility index (Phi) is 2.91. The molecule has 0 aliphatic carbocycles. The number of aryl methyl sites for hydroxylation is 2. The molecular formula is C12H12FN3O. The summed E-state index contributed by atoms with van der Waals surface area (Å²) in [6.07, 6.45) is 0. The minimum absolute atomic E-state index is 0.176. The van der Waals surface area contributed by atoms with Crippen LogP contribution < -0.4 is 5.32 Å². The molecule has 1 amide bonds. The lowest BCUT2D eigenvalue weighted by atomic mass is 10.0. The molecule has 0 radical (unpaired) electrons. The molecule has 0 atom stereocenters. The summed E-state index contributed by atoms with van der Waals surface area (Å²) < 4.78 is 12.7. The van der Waals surface area contributed by atoms with Gasteiger partial charge in [0.05, 0.1) is 0 Å². The monoisotopic (exact) mass is 233 g/mol. The smallest absolute Gasteiger partial charge is 0.257 e. The van der Waals surface area contributed by atoms with Gasteiger partial charge in [0, 0.05) is 11.6 Å². The predicted octanol–water partition coefficient (Wildman–Crippen LogP) is 2.42. The number of hydrogen-bond acceptors (Lipinski definition) is 2. The van der Waals surface area contributed by atoms with Gasteiger partial charge in [-0.05, 0) is 25.0 Å². The molecule has 0 fully saturated rings. The van der Waals surface area contributed by atoms with Gasteiger partial charge in [-0.15, -0.1) is 0 Å². The number of carbonyl (C=O) groups is 1. The normalized spacial score (nSPS) is 10.3. The van der Waals surface area contributed by atoms with E-state index in [-0.39, 0.29) is 11.7 Å². The van der Waals surface area contributed by atoms with Crippen LogP contribution >= 0.6 is 0 Å². The molecule has 17 heavy (non-hydrogen) atoms. The highest BCUT2D eigenvalue weighted by molar-refractivity contribution is 6.05. The Morgan fingerprint density at radius 1 is 1.35 bits per heavy atom. The van der Waals surface area contributed by atoms with E-state index in [9.17, 15) is 9.18 Å². The van der Waals surface area contributed by atoms with Crippen molar-refractivity contribution in [2.75, 3.05) is 5.32 Å². The molecule has 2 N–H and O–H groups in total. The molecule has 2 rings (SSSR count). The molecule has 0 saturated heterocycles. The second kappa shape index (κ2) is 4.37. The zero-order valence-electron chi connectivity index (χ0n) is 9.54. The number of carbonyl (C=O) groups excluding carboxylic acids is 1. The van der Waals surface area contributed by atoms with E-state index in [4.69, 9.17) is 0 Å². The number of nitrogens with one attached hydrogen (secondary N) is 2. The summed E-state index contributed by atoms with van der Waals surface area (Å²) in [6.45, 7) is 3.71. The number of nitrogens with zero attached hydrogens (tertiary/aromatic N) is 1. The van der Waals surface area contributed by atoms with Gasteiger partial charge in [0.15, 0.2) is 5.82 Å². The average Bonchev–Trinajstić information content (AvgIpc) is 2.63. The number of amides is 1.